The molecule has 0 aliphatic carbocycles. The molecule has 3 aromatic rings. The molecule has 0 amide bonds. The Bertz CT molecular complexity index is 704. The van der Waals surface area contributed by atoms with Crippen LogP contribution in [-0.4, -0.2) is 16.7 Å². The molecule has 0 aliphatic heterocycles. The van der Waals surface area contributed by atoms with E-state index in [0.717, 1.165) is 6.54 Å². The highest BCUT2D eigenvalue weighted by atomic mass is 16.5. The van der Waals surface area contributed by atoms with Gasteiger partial charge in [0.2, 0.25) is 0 Å². The molecule has 3 heteroatoms. The molecule has 0 fully saturated rings. The van der Waals surface area contributed by atoms with Crippen molar-refractivity contribution in [2.24, 2.45) is 0 Å². The van der Waals surface area contributed by atoms with Crippen molar-refractivity contribution in [3.63, 3.8) is 0 Å². The Hall–Kier alpha value is -2.13. The zero-order valence-electron chi connectivity index (χ0n) is 11.8. The first-order chi connectivity index (χ1) is 9.79. The van der Waals surface area contributed by atoms with Crippen molar-refractivity contribution >= 4 is 10.8 Å². The highest BCUT2D eigenvalue weighted by Gasteiger charge is 2.14. The van der Waals surface area contributed by atoms with E-state index in [1.807, 2.05) is 17.1 Å². The number of hydrogen-bond acceptors (Lipinski definition) is 2. The van der Waals surface area contributed by atoms with E-state index >= 15 is 0 Å². The van der Waals surface area contributed by atoms with Crippen molar-refractivity contribution in [1.82, 2.24) is 9.55 Å². The molecule has 0 radical (unpaired) electrons. The van der Waals surface area contributed by atoms with Gasteiger partial charge >= 0.3 is 0 Å². The van der Waals surface area contributed by atoms with Crippen LogP contribution in [-0.2, 0) is 11.3 Å². The van der Waals surface area contributed by atoms with Crippen LogP contribution in [0, 0.1) is 6.92 Å². The minimum absolute atomic E-state index is 0.0229. The van der Waals surface area contributed by atoms with Gasteiger partial charge < -0.3 is 9.30 Å². The van der Waals surface area contributed by atoms with Crippen LogP contribution in [0.2, 0.25) is 0 Å². The zero-order chi connectivity index (χ0) is 13.9. The third kappa shape index (κ3) is 2.32. The number of imidazole rings is 1. The molecule has 1 unspecified atom stereocenters. The van der Waals surface area contributed by atoms with Crippen LogP contribution in [0.4, 0.5) is 0 Å². The van der Waals surface area contributed by atoms with Crippen LogP contribution in [0.25, 0.3) is 10.8 Å². The maximum Gasteiger partial charge on any atom is 0.101 e. The maximum atomic E-state index is 5.71. The predicted octanol–water partition coefficient (Wildman–Crippen LogP) is 3.73. The van der Waals surface area contributed by atoms with E-state index in [9.17, 15) is 0 Å². The van der Waals surface area contributed by atoms with E-state index in [-0.39, 0.29) is 6.10 Å². The molecule has 0 saturated heterocycles. The van der Waals surface area contributed by atoms with Gasteiger partial charge in [-0.15, -0.1) is 0 Å². The summed E-state index contributed by atoms with van der Waals surface area (Å²) in [5.41, 5.74) is 2.52. The molecule has 20 heavy (non-hydrogen) atoms. The lowest BCUT2D eigenvalue weighted by Gasteiger charge is -2.19. The summed E-state index contributed by atoms with van der Waals surface area (Å²) < 4.78 is 7.75. The second-order valence-electron chi connectivity index (χ2n) is 5.00. The summed E-state index contributed by atoms with van der Waals surface area (Å²) in [4.78, 5) is 4.09. The van der Waals surface area contributed by atoms with Gasteiger partial charge in [-0.25, -0.2) is 4.98 Å². The number of rotatable bonds is 4. The van der Waals surface area contributed by atoms with Crippen LogP contribution in [0.1, 0.15) is 17.2 Å². The highest BCUT2D eigenvalue weighted by molar-refractivity contribution is 5.88. The molecule has 0 bridgehead atoms. The summed E-state index contributed by atoms with van der Waals surface area (Å²) in [6.45, 7) is 2.91. The predicted molar refractivity (Wildman–Crippen MR) is 80.7 cm³/mol. The highest BCUT2D eigenvalue weighted by Crippen LogP contribution is 2.29. The SMILES string of the molecule is COC(Cn1ccnc1)c1ccc(C)c2ccccc12. The summed E-state index contributed by atoms with van der Waals surface area (Å²) in [6, 6.07) is 12.8. The number of ether oxygens (including phenoxy) is 1. The van der Waals surface area contributed by atoms with Gasteiger partial charge in [0.15, 0.2) is 0 Å². The summed E-state index contributed by atoms with van der Waals surface area (Å²) >= 11 is 0. The van der Waals surface area contributed by atoms with Gasteiger partial charge in [0.25, 0.3) is 0 Å². The van der Waals surface area contributed by atoms with Gasteiger partial charge in [-0.1, -0.05) is 36.4 Å². The van der Waals surface area contributed by atoms with Crippen molar-refractivity contribution in [3.05, 3.63) is 66.2 Å². The van der Waals surface area contributed by atoms with Gasteiger partial charge in [0, 0.05) is 19.5 Å². The third-order valence-corrected chi connectivity index (χ3v) is 3.74. The van der Waals surface area contributed by atoms with Crippen molar-refractivity contribution < 1.29 is 4.74 Å². The van der Waals surface area contributed by atoms with Crippen LogP contribution in [0.15, 0.2) is 55.1 Å². The first-order valence-corrected chi connectivity index (χ1v) is 6.76. The van der Waals surface area contributed by atoms with Gasteiger partial charge in [-0.3, -0.25) is 0 Å². The van der Waals surface area contributed by atoms with Gasteiger partial charge in [-0.05, 0) is 28.8 Å². The van der Waals surface area contributed by atoms with E-state index in [0.29, 0.717) is 0 Å². The van der Waals surface area contributed by atoms with E-state index < -0.39 is 0 Å². The summed E-state index contributed by atoms with van der Waals surface area (Å²) in [7, 11) is 1.76. The number of fused-ring (bicyclic) bond motifs is 1. The third-order valence-electron chi connectivity index (χ3n) is 3.74. The standard InChI is InChI=1S/C17H18N2O/c1-13-7-8-16(15-6-4-3-5-14(13)15)17(20-2)11-19-10-9-18-12-19/h3-10,12,17H,11H2,1-2H3. The molecule has 3 nitrogen and oxygen atoms in total. The van der Waals surface area contributed by atoms with Crippen molar-refractivity contribution in [2.75, 3.05) is 7.11 Å². The summed E-state index contributed by atoms with van der Waals surface area (Å²) in [6.07, 6.45) is 5.60. The molecule has 0 spiro atoms. The molecule has 1 atom stereocenters. The number of aromatic nitrogens is 2. The average Bonchev–Trinajstić information content (AvgIpc) is 2.99. The minimum atomic E-state index is 0.0229. The smallest absolute Gasteiger partial charge is 0.101 e. The van der Waals surface area contributed by atoms with Gasteiger partial charge in [0.1, 0.15) is 6.10 Å². The summed E-state index contributed by atoms with van der Waals surface area (Å²) in [5.74, 6) is 0. The molecule has 0 aliphatic rings. The van der Waals surface area contributed by atoms with Crippen molar-refractivity contribution in [1.29, 1.82) is 0 Å². The number of benzene rings is 2. The second-order valence-corrected chi connectivity index (χ2v) is 5.00. The zero-order valence-corrected chi connectivity index (χ0v) is 11.8. The normalized spacial score (nSPS) is 12.7. The number of nitrogens with zero attached hydrogens (tertiary/aromatic N) is 2. The molecule has 3 rings (SSSR count). The molecular formula is C17H18N2O. The Kier molecular flexibility index (Phi) is 3.52. The first-order valence-electron chi connectivity index (χ1n) is 6.76. The largest absolute Gasteiger partial charge is 0.375 e. The van der Waals surface area contributed by atoms with Crippen LogP contribution >= 0.6 is 0 Å². The number of aryl methyl sites for hydroxylation is 1. The fourth-order valence-electron chi connectivity index (χ4n) is 2.64. The number of hydrogen-bond donors (Lipinski definition) is 0. The quantitative estimate of drug-likeness (QED) is 0.719. The van der Waals surface area contributed by atoms with E-state index in [4.69, 9.17) is 4.74 Å². The Morgan fingerprint density at radius 1 is 1.15 bits per heavy atom. The fraction of sp³-hybridized carbons (Fsp3) is 0.235. The van der Waals surface area contributed by atoms with Crippen LogP contribution in [0.5, 0.6) is 0 Å². The molecule has 1 heterocycles. The van der Waals surface area contributed by atoms with E-state index in [2.05, 4.69) is 48.3 Å². The maximum absolute atomic E-state index is 5.71. The van der Waals surface area contributed by atoms with E-state index in [1.165, 1.54) is 21.9 Å². The van der Waals surface area contributed by atoms with Crippen molar-refractivity contribution in [2.45, 2.75) is 19.6 Å². The monoisotopic (exact) mass is 266 g/mol. The topological polar surface area (TPSA) is 27.1 Å². The van der Waals surface area contributed by atoms with E-state index in [1.54, 1.807) is 13.3 Å². The number of methoxy groups -OCH3 is 1. The first kappa shape index (κ1) is 12.9. The van der Waals surface area contributed by atoms with Gasteiger partial charge in [0.05, 0.1) is 12.9 Å². The summed E-state index contributed by atoms with van der Waals surface area (Å²) in [5, 5.41) is 2.55. The van der Waals surface area contributed by atoms with Crippen LogP contribution in [0.3, 0.4) is 0 Å². The minimum Gasteiger partial charge on any atom is -0.375 e. The lowest BCUT2D eigenvalue weighted by Crippen LogP contribution is -2.10. The Morgan fingerprint density at radius 2 is 1.95 bits per heavy atom. The molecule has 0 N–H and O–H groups in total. The molecular weight excluding hydrogens is 248 g/mol. The molecule has 1 aromatic heterocycles. The molecule has 102 valence electrons. The second kappa shape index (κ2) is 5.47. The molecule has 0 saturated carbocycles. The molecule has 2 aromatic carbocycles. The Labute approximate surface area is 118 Å². The Balaban J connectivity index is 2.05. The lowest BCUT2D eigenvalue weighted by atomic mass is 9.97. The fourth-order valence-corrected chi connectivity index (χ4v) is 2.64. The van der Waals surface area contributed by atoms with Crippen molar-refractivity contribution in [3.8, 4) is 0 Å². The average molecular weight is 266 g/mol. The van der Waals surface area contributed by atoms with Gasteiger partial charge in [-0.2, -0.15) is 0 Å². The Morgan fingerprint density at radius 3 is 2.65 bits per heavy atom. The van der Waals surface area contributed by atoms with Crippen LogP contribution < -0.4 is 0 Å². The lowest BCUT2D eigenvalue weighted by molar-refractivity contribution is 0.0890.